The van der Waals surface area contributed by atoms with Crippen LogP contribution in [0.15, 0.2) is 121 Å². The second-order valence-electron chi connectivity index (χ2n) is 9.70. The van der Waals surface area contributed by atoms with Crippen molar-refractivity contribution in [2.24, 2.45) is 0 Å². The van der Waals surface area contributed by atoms with E-state index < -0.39 is 53.3 Å². The lowest BCUT2D eigenvalue weighted by Crippen LogP contribution is -2.61. The Morgan fingerprint density at radius 1 is 0.500 bits per heavy atom. The Balaban J connectivity index is 1.48. The van der Waals surface area contributed by atoms with Gasteiger partial charge in [-0.1, -0.05) is 88.7 Å². The smallest absolute Gasteiger partial charge is 0.338 e. The summed E-state index contributed by atoms with van der Waals surface area (Å²) in [6.45, 7) is -0.374. The van der Waals surface area contributed by atoms with Crippen LogP contribution in [0.1, 0.15) is 41.4 Å². The van der Waals surface area contributed by atoms with E-state index in [0.29, 0.717) is 5.56 Å². The number of hydrogen-bond acceptors (Lipinski definition) is 9. The third-order valence-electron chi connectivity index (χ3n) is 6.72. The average molecular weight is 659 g/mol. The molecule has 1 aliphatic heterocycles. The van der Waals surface area contributed by atoms with E-state index >= 15 is 0 Å². The summed E-state index contributed by atoms with van der Waals surface area (Å²) in [5.74, 6) is -2.85. The summed E-state index contributed by atoms with van der Waals surface area (Å²) in [7, 11) is 0. The molecular weight excluding hydrogens is 632 g/mol. The van der Waals surface area contributed by atoms with E-state index in [9.17, 15) is 19.2 Å². The number of carbonyl (C=O) groups is 4. The fourth-order valence-corrected chi connectivity index (χ4v) is 5.20. The number of esters is 4. The predicted molar refractivity (Wildman–Crippen MR) is 161 cm³/mol. The van der Waals surface area contributed by atoms with Gasteiger partial charge in [-0.05, 0) is 48.5 Å². The SMILES string of the molecule is O=C(OCC1O[C@@H](Br)C(OC(=O)c2ccccc2)C(OC(=O)c2ccccc2)C1OC(=O)c1ccccc1)c1ccccc1. The van der Waals surface area contributed by atoms with Gasteiger partial charge in [-0.3, -0.25) is 0 Å². The summed E-state index contributed by atoms with van der Waals surface area (Å²) in [6.07, 6.45) is -5.13. The van der Waals surface area contributed by atoms with Crippen molar-refractivity contribution < 1.29 is 42.9 Å². The molecule has 10 heteroatoms. The van der Waals surface area contributed by atoms with Crippen LogP contribution in [0.4, 0.5) is 0 Å². The van der Waals surface area contributed by atoms with Crippen LogP contribution in [-0.4, -0.2) is 59.9 Å². The van der Waals surface area contributed by atoms with E-state index in [0.717, 1.165) is 0 Å². The molecule has 0 amide bonds. The molecular formula is C34H27BrO9. The molecule has 0 aromatic heterocycles. The van der Waals surface area contributed by atoms with Crippen LogP contribution in [0.25, 0.3) is 0 Å². The van der Waals surface area contributed by atoms with Crippen molar-refractivity contribution in [3.05, 3.63) is 144 Å². The number of ether oxygens (including phenoxy) is 5. The number of benzene rings is 4. The number of halogens is 1. The molecule has 1 heterocycles. The zero-order chi connectivity index (χ0) is 30.9. The normalized spacial score (nSPS) is 21.0. The van der Waals surface area contributed by atoms with Gasteiger partial charge in [-0.15, -0.1) is 0 Å². The van der Waals surface area contributed by atoms with Crippen molar-refractivity contribution in [2.75, 3.05) is 6.61 Å². The molecule has 0 aliphatic carbocycles. The highest BCUT2D eigenvalue weighted by Crippen LogP contribution is 2.33. The number of carbonyl (C=O) groups excluding carboxylic acids is 4. The average Bonchev–Trinajstić information content (AvgIpc) is 3.07. The minimum atomic E-state index is -1.37. The standard InChI is InChI=1S/C34H27BrO9/c35-30-29(44-34(39)25-19-11-4-12-20-25)28(43-33(38)24-17-9-3-10-18-24)27(42-32(37)23-15-7-2-8-16-23)26(41-30)21-40-31(36)22-13-5-1-6-14-22/h1-20,26-30H,21H2/t26?,27?,28?,29?,30-/m1/s1. The summed E-state index contributed by atoms with van der Waals surface area (Å²) < 4.78 is 29.3. The highest BCUT2D eigenvalue weighted by Gasteiger charge is 2.52. The van der Waals surface area contributed by atoms with Gasteiger partial charge in [0.15, 0.2) is 23.3 Å². The molecule has 1 fully saturated rings. The molecule has 1 saturated heterocycles. The molecule has 9 nitrogen and oxygen atoms in total. The van der Waals surface area contributed by atoms with E-state index in [1.54, 1.807) is 121 Å². The molecule has 0 spiro atoms. The molecule has 5 atom stereocenters. The van der Waals surface area contributed by atoms with Gasteiger partial charge in [0.05, 0.1) is 22.3 Å². The van der Waals surface area contributed by atoms with Gasteiger partial charge in [0.25, 0.3) is 0 Å². The van der Waals surface area contributed by atoms with Crippen molar-refractivity contribution in [1.82, 2.24) is 0 Å². The third kappa shape index (κ3) is 7.58. The maximum Gasteiger partial charge on any atom is 0.338 e. The maximum atomic E-state index is 13.3. The second-order valence-corrected chi connectivity index (χ2v) is 10.6. The van der Waals surface area contributed by atoms with Crippen molar-refractivity contribution in [3.8, 4) is 0 Å². The van der Waals surface area contributed by atoms with Crippen molar-refractivity contribution in [1.29, 1.82) is 0 Å². The number of hydrogen-bond donors (Lipinski definition) is 0. The van der Waals surface area contributed by atoms with Gasteiger partial charge in [-0.2, -0.15) is 0 Å². The summed E-state index contributed by atoms with van der Waals surface area (Å²) in [5.41, 5.74) is 0.994. The van der Waals surface area contributed by atoms with E-state index in [2.05, 4.69) is 15.9 Å². The number of alkyl halides is 1. The Bertz CT molecular complexity index is 1570. The minimum Gasteiger partial charge on any atom is -0.459 e. The van der Waals surface area contributed by atoms with Crippen LogP contribution >= 0.6 is 15.9 Å². The Hall–Kier alpha value is -4.80. The third-order valence-corrected chi connectivity index (χ3v) is 7.46. The molecule has 5 rings (SSSR count). The lowest BCUT2D eigenvalue weighted by Gasteiger charge is -2.43. The Kier molecular flexibility index (Phi) is 10.2. The Morgan fingerprint density at radius 2 is 0.841 bits per heavy atom. The quantitative estimate of drug-likeness (QED) is 0.128. The van der Waals surface area contributed by atoms with Gasteiger partial charge >= 0.3 is 23.9 Å². The fourth-order valence-electron chi connectivity index (χ4n) is 4.51. The van der Waals surface area contributed by atoms with Gasteiger partial charge < -0.3 is 23.7 Å². The first-order valence-electron chi connectivity index (χ1n) is 13.7. The summed E-state index contributed by atoms with van der Waals surface area (Å²) in [4.78, 5) is 52.6. The lowest BCUT2D eigenvalue weighted by molar-refractivity contribution is -0.205. The largest absolute Gasteiger partial charge is 0.459 e. The van der Waals surface area contributed by atoms with Crippen molar-refractivity contribution >= 4 is 39.8 Å². The second kappa shape index (κ2) is 14.6. The van der Waals surface area contributed by atoms with Crippen LogP contribution < -0.4 is 0 Å². The Morgan fingerprint density at radius 3 is 1.25 bits per heavy atom. The first-order chi connectivity index (χ1) is 21.4. The van der Waals surface area contributed by atoms with Crippen molar-refractivity contribution in [2.45, 2.75) is 29.4 Å². The van der Waals surface area contributed by atoms with Gasteiger partial charge in [0.1, 0.15) is 12.7 Å². The fraction of sp³-hybridized carbons (Fsp3) is 0.176. The van der Waals surface area contributed by atoms with Crippen molar-refractivity contribution in [3.63, 3.8) is 0 Å². The maximum absolute atomic E-state index is 13.3. The topological polar surface area (TPSA) is 114 Å². The molecule has 4 aromatic rings. The molecule has 4 unspecified atom stereocenters. The van der Waals surface area contributed by atoms with E-state index in [1.165, 1.54) is 0 Å². The lowest BCUT2D eigenvalue weighted by atomic mass is 9.99. The van der Waals surface area contributed by atoms with Crippen LogP contribution in [0.2, 0.25) is 0 Å². The summed E-state index contributed by atoms with van der Waals surface area (Å²) >= 11 is 3.40. The monoisotopic (exact) mass is 658 g/mol. The first kappa shape index (κ1) is 30.7. The van der Waals surface area contributed by atoms with E-state index in [1.807, 2.05) is 0 Å². The highest BCUT2D eigenvalue weighted by molar-refractivity contribution is 9.09. The van der Waals surface area contributed by atoms with Crippen LogP contribution in [0.3, 0.4) is 0 Å². The predicted octanol–water partition coefficient (Wildman–Crippen LogP) is 5.64. The van der Waals surface area contributed by atoms with Gasteiger partial charge in [-0.25, -0.2) is 19.2 Å². The molecule has 4 aromatic carbocycles. The highest BCUT2D eigenvalue weighted by atomic mass is 79.9. The van der Waals surface area contributed by atoms with Gasteiger partial charge in [0.2, 0.25) is 0 Å². The van der Waals surface area contributed by atoms with Gasteiger partial charge in [0, 0.05) is 0 Å². The van der Waals surface area contributed by atoms with Crippen LogP contribution in [0.5, 0.6) is 0 Å². The molecule has 0 bridgehead atoms. The molecule has 0 saturated carbocycles. The minimum absolute atomic E-state index is 0.221. The summed E-state index contributed by atoms with van der Waals surface area (Å²) in [5, 5.41) is -1.05. The Labute approximate surface area is 261 Å². The van der Waals surface area contributed by atoms with E-state index in [-0.39, 0.29) is 23.3 Å². The van der Waals surface area contributed by atoms with Crippen LogP contribution in [0, 0.1) is 0 Å². The molecule has 0 radical (unpaired) electrons. The molecule has 224 valence electrons. The molecule has 0 N–H and O–H groups in total. The van der Waals surface area contributed by atoms with E-state index in [4.69, 9.17) is 23.7 Å². The summed E-state index contributed by atoms with van der Waals surface area (Å²) in [6, 6.07) is 32.9. The zero-order valence-electron chi connectivity index (χ0n) is 23.2. The molecule has 44 heavy (non-hydrogen) atoms. The number of rotatable bonds is 9. The van der Waals surface area contributed by atoms with Crippen LogP contribution in [-0.2, 0) is 23.7 Å². The zero-order valence-corrected chi connectivity index (χ0v) is 24.8. The molecule has 1 aliphatic rings. The first-order valence-corrected chi connectivity index (χ1v) is 14.6.